The molecule has 1 unspecified atom stereocenters. The second kappa shape index (κ2) is 18.3. The van der Waals surface area contributed by atoms with Crippen LogP contribution in [-0.2, 0) is 48.6 Å². The van der Waals surface area contributed by atoms with E-state index in [0.29, 0.717) is 43.6 Å². The highest BCUT2D eigenvalue weighted by Gasteiger charge is 2.60. The van der Waals surface area contributed by atoms with Crippen molar-refractivity contribution in [3.63, 3.8) is 0 Å². The van der Waals surface area contributed by atoms with E-state index < -0.39 is 32.7 Å². The third-order valence-electron chi connectivity index (χ3n) is 6.84. The van der Waals surface area contributed by atoms with E-state index in [1.54, 1.807) is 6.07 Å². The molecule has 17 heteroatoms. The first-order valence-corrected chi connectivity index (χ1v) is 21.8. The van der Waals surface area contributed by atoms with Gasteiger partial charge in [0.05, 0.1) is 19.8 Å². The first-order valence-electron chi connectivity index (χ1n) is 15.2. The van der Waals surface area contributed by atoms with Crippen LogP contribution in [0.15, 0.2) is 24.3 Å². The molecule has 0 radical (unpaired) electrons. The van der Waals surface area contributed by atoms with Crippen molar-refractivity contribution >= 4 is 44.1 Å². The summed E-state index contributed by atoms with van der Waals surface area (Å²) in [4.78, 5) is 27.8. The Balaban J connectivity index is 1.62. The van der Waals surface area contributed by atoms with Crippen LogP contribution in [0.4, 0.5) is 0 Å². The Bertz CT molecular complexity index is 1340. The van der Waals surface area contributed by atoms with Crippen molar-refractivity contribution in [2.24, 2.45) is 0 Å². The second-order valence-corrected chi connectivity index (χ2v) is 17.4. The molecule has 2 aliphatic rings. The molecule has 2 aliphatic heterocycles. The lowest BCUT2D eigenvalue weighted by Crippen LogP contribution is -2.30. The Hall–Kier alpha value is -0.730. The molecule has 2 aromatic rings. The van der Waals surface area contributed by atoms with E-state index in [-0.39, 0.29) is 12.6 Å². The molecule has 2 saturated heterocycles. The van der Waals surface area contributed by atoms with Gasteiger partial charge in [-0.2, -0.15) is 9.05 Å². The third kappa shape index (κ3) is 11.1. The number of thiophene rings is 1. The van der Waals surface area contributed by atoms with E-state index in [0.717, 1.165) is 59.2 Å². The lowest BCUT2D eigenvalue weighted by Gasteiger charge is -2.34. The smallest absolute Gasteiger partial charge is 0.328 e. The maximum Gasteiger partial charge on any atom is 0.748 e. The summed E-state index contributed by atoms with van der Waals surface area (Å²) in [5.41, 5.74) is 3.51. The topological polar surface area (TPSA) is 152 Å². The Morgan fingerprint density at radius 1 is 0.913 bits per heavy atom. The largest absolute Gasteiger partial charge is 0.748 e. The van der Waals surface area contributed by atoms with Crippen LogP contribution in [0.3, 0.4) is 0 Å². The third-order valence-corrected chi connectivity index (χ3v) is 14.0. The van der Waals surface area contributed by atoms with Crippen molar-refractivity contribution in [1.82, 2.24) is 0 Å². The summed E-state index contributed by atoms with van der Waals surface area (Å²) in [6.45, 7) is 8.72. The van der Waals surface area contributed by atoms with Crippen LogP contribution in [0.2, 0.25) is 0 Å². The maximum atomic E-state index is 11.4. The Morgan fingerprint density at radius 2 is 1.52 bits per heavy atom. The molecule has 4 rings (SSSR count). The standard InChI is InChI=1S/C29H42O12P4S/c1-5-35-44(38-22(3)39-44)20-25-19-27(28-15-16-29(46-28)37-43(32)33)26(21-45(36-6-2)40-23(4)41-45)18-24(25)14-12-10-8-7-9-11-13-17-34-42(30)31/h15-16,18-19,22-23,30-31H,5-11,13,17,20-21H2,1-4H3/q+2/p+1. The van der Waals surface area contributed by atoms with Gasteiger partial charge in [0.1, 0.15) is 0 Å². The van der Waals surface area contributed by atoms with Crippen molar-refractivity contribution < 1.29 is 55.4 Å². The molecule has 3 heterocycles. The molecule has 0 spiro atoms. The number of unbranched alkanes of at least 4 members (excludes halogenated alkanes) is 5. The van der Waals surface area contributed by atoms with Gasteiger partial charge in [0.2, 0.25) is 5.06 Å². The van der Waals surface area contributed by atoms with Gasteiger partial charge in [-0.05, 0) is 70.4 Å². The van der Waals surface area contributed by atoms with Crippen LogP contribution in [0.1, 0.15) is 82.9 Å². The van der Waals surface area contributed by atoms with Gasteiger partial charge in [-0.25, -0.2) is 4.52 Å². The summed E-state index contributed by atoms with van der Waals surface area (Å²) in [7, 11) is -10.3. The SMILES string of the molecule is CCO[P+]1(Cc2cc(-c3ccc(O[P+](=O)O)s3)c(C[P+]3(OCC)OC(C)O3)cc2C#CCCCCCCCOP(O)O)OC(C)O1. The summed E-state index contributed by atoms with van der Waals surface area (Å²) < 4.78 is 57.6. The molecule has 254 valence electrons. The molecule has 2 fully saturated rings. The minimum atomic E-state index is -2.80. The first kappa shape index (κ1) is 38.1. The van der Waals surface area contributed by atoms with E-state index in [9.17, 15) is 9.46 Å². The van der Waals surface area contributed by atoms with E-state index in [1.165, 1.54) is 11.3 Å². The van der Waals surface area contributed by atoms with Crippen LogP contribution in [-0.4, -0.2) is 47.1 Å². The molecular weight excluding hydrogens is 696 g/mol. The molecular formula is C29H43O12P4S+3. The molecule has 0 aliphatic carbocycles. The van der Waals surface area contributed by atoms with Gasteiger partial charge in [-0.15, -0.1) is 23.0 Å². The molecule has 3 N–H and O–H groups in total. The predicted molar refractivity (Wildman–Crippen MR) is 180 cm³/mol. The zero-order valence-electron chi connectivity index (χ0n) is 26.5. The minimum Gasteiger partial charge on any atom is -0.328 e. The number of benzene rings is 1. The van der Waals surface area contributed by atoms with E-state index in [1.807, 2.05) is 39.8 Å². The normalized spacial score (nSPS) is 24.2. The van der Waals surface area contributed by atoms with Gasteiger partial charge < -0.3 is 14.3 Å². The average molecular weight is 740 g/mol. The van der Waals surface area contributed by atoms with Gasteiger partial charge in [0, 0.05) is 32.6 Å². The first-order chi connectivity index (χ1) is 22.1. The molecule has 0 saturated carbocycles. The van der Waals surface area contributed by atoms with Gasteiger partial charge >= 0.3 is 32.7 Å². The van der Waals surface area contributed by atoms with Gasteiger partial charge in [0.25, 0.3) is 12.6 Å². The maximum absolute atomic E-state index is 11.4. The summed E-state index contributed by atoms with van der Waals surface area (Å²) >= 11 is 1.26. The second-order valence-electron chi connectivity index (χ2n) is 10.5. The lowest BCUT2D eigenvalue weighted by atomic mass is 9.98. The molecule has 46 heavy (non-hydrogen) atoms. The van der Waals surface area contributed by atoms with Crippen LogP contribution in [0.25, 0.3) is 10.4 Å². The summed E-state index contributed by atoms with van der Waals surface area (Å²) in [6.07, 6.45) is 5.49. The molecule has 0 bridgehead atoms. The van der Waals surface area contributed by atoms with Crippen LogP contribution in [0, 0.1) is 11.8 Å². The van der Waals surface area contributed by atoms with Crippen molar-refractivity contribution in [2.75, 3.05) is 19.8 Å². The molecule has 0 amide bonds. The molecule has 12 nitrogen and oxygen atoms in total. The Kier molecular flexibility index (Phi) is 15.2. The number of hydrogen-bond acceptors (Lipinski definition) is 12. The fourth-order valence-corrected chi connectivity index (χ4v) is 11.5. The van der Waals surface area contributed by atoms with Crippen LogP contribution in [0.5, 0.6) is 5.06 Å². The zero-order valence-corrected chi connectivity index (χ0v) is 30.8. The van der Waals surface area contributed by atoms with Crippen molar-refractivity contribution in [3.05, 3.63) is 41.0 Å². The summed E-state index contributed by atoms with van der Waals surface area (Å²) in [5, 5.41) is 0.325. The van der Waals surface area contributed by atoms with Crippen molar-refractivity contribution in [2.45, 2.75) is 91.1 Å². The van der Waals surface area contributed by atoms with E-state index >= 15 is 0 Å². The molecule has 1 aromatic carbocycles. The summed E-state index contributed by atoms with van der Waals surface area (Å²) in [6, 6.07) is 7.63. The molecule has 1 atom stereocenters. The fourth-order valence-electron chi connectivity index (χ4n) is 5.13. The van der Waals surface area contributed by atoms with Gasteiger partial charge in [-0.3, -0.25) is 0 Å². The number of rotatable bonds is 19. The van der Waals surface area contributed by atoms with Crippen molar-refractivity contribution in [3.8, 4) is 27.3 Å². The predicted octanol–water partition coefficient (Wildman–Crippen LogP) is 8.75. The highest BCUT2D eigenvalue weighted by molar-refractivity contribution is 7.62. The average Bonchev–Trinajstić information content (AvgIpc) is 3.41. The van der Waals surface area contributed by atoms with Crippen LogP contribution < -0.4 is 4.52 Å². The van der Waals surface area contributed by atoms with E-state index in [4.69, 9.17) is 46.0 Å². The number of hydrogen-bond donors (Lipinski definition) is 3. The van der Waals surface area contributed by atoms with E-state index in [2.05, 4.69) is 17.9 Å². The summed E-state index contributed by atoms with van der Waals surface area (Å²) in [5.74, 6) is 6.74. The highest BCUT2D eigenvalue weighted by atomic mass is 32.1. The Labute approximate surface area is 278 Å². The lowest BCUT2D eigenvalue weighted by molar-refractivity contribution is -0.105. The fraction of sp³-hybridized carbons (Fsp3) is 0.586. The monoisotopic (exact) mass is 739 g/mol. The van der Waals surface area contributed by atoms with Gasteiger partial charge in [0.15, 0.2) is 12.3 Å². The van der Waals surface area contributed by atoms with Crippen LogP contribution >= 0.6 is 44.1 Å². The Morgan fingerprint density at radius 3 is 2.11 bits per heavy atom. The van der Waals surface area contributed by atoms with Gasteiger partial charge in [-0.1, -0.05) is 42.4 Å². The highest BCUT2D eigenvalue weighted by Crippen LogP contribution is 2.74. The quantitative estimate of drug-likeness (QED) is 0.0718. The van der Waals surface area contributed by atoms with Crippen molar-refractivity contribution in [1.29, 1.82) is 0 Å². The minimum absolute atomic E-state index is 0.325. The molecule has 1 aromatic heterocycles. The zero-order chi connectivity index (χ0) is 33.2.